The van der Waals surface area contributed by atoms with Crippen molar-refractivity contribution in [2.24, 2.45) is 0 Å². The molecule has 0 unspecified atom stereocenters. The number of halogens is 1. The number of hydrogen-bond donors (Lipinski definition) is 1. The van der Waals surface area contributed by atoms with Gasteiger partial charge in [0.05, 0.1) is 6.54 Å². The van der Waals surface area contributed by atoms with Crippen LogP contribution in [0.5, 0.6) is 0 Å². The number of aromatic nitrogens is 1. The third-order valence-corrected chi connectivity index (χ3v) is 3.75. The van der Waals surface area contributed by atoms with Gasteiger partial charge in [-0.05, 0) is 35.7 Å². The highest BCUT2D eigenvalue weighted by Crippen LogP contribution is 2.20. The van der Waals surface area contributed by atoms with Crippen molar-refractivity contribution in [3.8, 4) is 11.3 Å². The van der Waals surface area contributed by atoms with E-state index in [9.17, 15) is 9.18 Å². The number of nitrogens with zero attached hydrogens (tertiary/aromatic N) is 1. The molecule has 0 aliphatic rings. The van der Waals surface area contributed by atoms with Crippen molar-refractivity contribution in [1.29, 1.82) is 0 Å². The average Bonchev–Trinajstić information content (AvgIpc) is 3.17. The van der Waals surface area contributed by atoms with Gasteiger partial charge < -0.3 is 9.84 Å². The molecular formula is C15H11FN2O2S. The predicted octanol–water partition coefficient (Wildman–Crippen LogP) is 3.47. The molecule has 0 saturated heterocycles. The molecule has 0 spiro atoms. The van der Waals surface area contributed by atoms with E-state index in [1.165, 1.54) is 18.2 Å². The van der Waals surface area contributed by atoms with Crippen molar-refractivity contribution in [3.63, 3.8) is 0 Å². The minimum Gasteiger partial charge on any atom is -0.355 e. The van der Waals surface area contributed by atoms with Gasteiger partial charge in [0.2, 0.25) is 0 Å². The van der Waals surface area contributed by atoms with Crippen molar-refractivity contribution in [2.45, 2.75) is 6.54 Å². The summed E-state index contributed by atoms with van der Waals surface area (Å²) in [4.78, 5) is 13.0. The monoisotopic (exact) mass is 302 g/mol. The van der Waals surface area contributed by atoms with Crippen LogP contribution in [-0.4, -0.2) is 11.1 Å². The van der Waals surface area contributed by atoms with E-state index in [-0.39, 0.29) is 17.4 Å². The van der Waals surface area contributed by atoms with Crippen LogP contribution < -0.4 is 5.32 Å². The molecule has 6 heteroatoms. The minimum atomic E-state index is -0.327. The number of rotatable bonds is 4. The number of benzene rings is 1. The molecule has 1 N–H and O–H groups in total. The van der Waals surface area contributed by atoms with Gasteiger partial charge in [-0.1, -0.05) is 11.2 Å². The number of carbonyl (C=O) groups excluding carboxylic acids is 1. The summed E-state index contributed by atoms with van der Waals surface area (Å²) in [5, 5.41) is 8.45. The molecule has 0 atom stereocenters. The van der Waals surface area contributed by atoms with Gasteiger partial charge in [-0.2, -0.15) is 0 Å². The number of carbonyl (C=O) groups is 1. The molecule has 3 aromatic rings. The number of hydrogen-bond acceptors (Lipinski definition) is 4. The highest BCUT2D eigenvalue weighted by atomic mass is 32.1. The molecule has 0 bridgehead atoms. The molecule has 0 radical (unpaired) electrons. The standard InChI is InChI=1S/C15H11FN2O2S/c16-11-5-3-10(4-6-11)14-8-13(18-20-14)15(19)17-9-12-2-1-7-21-12/h1-8H,9H2,(H,17,19). The topological polar surface area (TPSA) is 55.1 Å². The lowest BCUT2D eigenvalue weighted by Crippen LogP contribution is -2.22. The van der Waals surface area contributed by atoms with Crippen molar-refractivity contribution in [3.05, 3.63) is 64.2 Å². The summed E-state index contributed by atoms with van der Waals surface area (Å²) >= 11 is 1.57. The molecule has 3 rings (SSSR count). The molecule has 0 aliphatic carbocycles. The normalized spacial score (nSPS) is 10.5. The van der Waals surface area contributed by atoms with E-state index >= 15 is 0 Å². The van der Waals surface area contributed by atoms with Crippen LogP contribution in [-0.2, 0) is 6.54 Å². The maximum Gasteiger partial charge on any atom is 0.273 e. The van der Waals surface area contributed by atoms with Crippen molar-refractivity contribution in [2.75, 3.05) is 0 Å². The van der Waals surface area contributed by atoms with Gasteiger partial charge in [-0.15, -0.1) is 11.3 Å². The Balaban J connectivity index is 1.69. The summed E-state index contributed by atoms with van der Waals surface area (Å²) in [5.41, 5.74) is 0.868. The van der Waals surface area contributed by atoms with E-state index in [1.807, 2.05) is 17.5 Å². The van der Waals surface area contributed by atoms with Crippen LogP contribution >= 0.6 is 11.3 Å². The zero-order valence-corrected chi connectivity index (χ0v) is 11.7. The van der Waals surface area contributed by atoms with Gasteiger partial charge in [-0.25, -0.2) is 4.39 Å². The van der Waals surface area contributed by atoms with Crippen molar-refractivity contribution >= 4 is 17.2 Å². The summed E-state index contributed by atoms with van der Waals surface area (Å²) in [6, 6.07) is 11.2. The smallest absolute Gasteiger partial charge is 0.273 e. The van der Waals surface area contributed by atoms with E-state index in [2.05, 4.69) is 10.5 Å². The Morgan fingerprint density at radius 1 is 1.29 bits per heavy atom. The molecule has 21 heavy (non-hydrogen) atoms. The summed E-state index contributed by atoms with van der Waals surface area (Å²) in [7, 11) is 0. The molecule has 4 nitrogen and oxygen atoms in total. The van der Waals surface area contributed by atoms with Crippen LogP contribution in [0, 0.1) is 5.82 Å². The van der Waals surface area contributed by atoms with E-state index < -0.39 is 0 Å². The molecule has 0 saturated carbocycles. The lowest BCUT2D eigenvalue weighted by atomic mass is 10.1. The fourth-order valence-electron chi connectivity index (χ4n) is 1.80. The van der Waals surface area contributed by atoms with E-state index in [1.54, 1.807) is 23.5 Å². The van der Waals surface area contributed by atoms with Gasteiger partial charge in [0, 0.05) is 16.5 Å². The van der Waals surface area contributed by atoms with Gasteiger partial charge in [0.15, 0.2) is 11.5 Å². The van der Waals surface area contributed by atoms with Crippen LogP contribution in [0.2, 0.25) is 0 Å². The Labute approximate surface area is 124 Å². The number of nitrogens with one attached hydrogen (secondary N) is 1. The second-order valence-corrected chi connectivity index (χ2v) is 5.38. The Kier molecular flexibility index (Phi) is 3.79. The first-order valence-electron chi connectivity index (χ1n) is 6.25. The highest BCUT2D eigenvalue weighted by Gasteiger charge is 2.13. The zero-order valence-electron chi connectivity index (χ0n) is 10.9. The minimum absolute atomic E-state index is 0.200. The van der Waals surface area contributed by atoms with E-state index in [4.69, 9.17) is 4.52 Å². The van der Waals surface area contributed by atoms with Crippen LogP contribution in [0.15, 0.2) is 52.4 Å². The summed E-state index contributed by atoms with van der Waals surface area (Å²) in [6.07, 6.45) is 0. The molecule has 2 aromatic heterocycles. The molecule has 1 aromatic carbocycles. The van der Waals surface area contributed by atoms with Gasteiger partial charge in [0.1, 0.15) is 5.82 Å². The van der Waals surface area contributed by atoms with Crippen LogP contribution in [0.3, 0.4) is 0 Å². The second-order valence-electron chi connectivity index (χ2n) is 4.35. The van der Waals surface area contributed by atoms with Crippen molar-refractivity contribution < 1.29 is 13.7 Å². The van der Waals surface area contributed by atoms with Crippen LogP contribution in [0.25, 0.3) is 11.3 Å². The zero-order chi connectivity index (χ0) is 14.7. The number of amides is 1. The molecule has 106 valence electrons. The Morgan fingerprint density at radius 2 is 2.10 bits per heavy atom. The Hall–Kier alpha value is -2.47. The highest BCUT2D eigenvalue weighted by molar-refractivity contribution is 7.09. The average molecular weight is 302 g/mol. The van der Waals surface area contributed by atoms with Crippen LogP contribution in [0.4, 0.5) is 4.39 Å². The molecule has 0 fully saturated rings. The quantitative estimate of drug-likeness (QED) is 0.803. The lowest BCUT2D eigenvalue weighted by Gasteiger charge is -1.99. The largest absolute Gasteiger partial charge is 0.355 e. The van der Waals surface area contributed by atoms with Gasteiger partial charge >= 0.3 is 0 Å². The number of thiophene rings is 1. The first-order valence-corrected chi connectivity index (χ1v) is 7.13. The third kappa shape index (κ3) is 3.17. The first-order chi connectivity index (χ1) is 10.2. The Bertz CT molecular complexity index is 735. The third-order valence-electron chi connectivity index (χ3n) is 2.87. The summed E-state index contributed by atoms with van der Waals surface area (Å²) < 4.78 is 18.0. The SMILES string of the molecule is O=C(NCc1cccs1)c1cc(-c2ccc(F)cc2)on1. The first kappa shape index (κ1) is 13.5. The Morgan fingerprint density at radius 3 is 2.81 bits per heavy atom. The summed E-state index contributed by atoms with van der Waals surface area (Å²) in [5.74, 6) is -0.205. The predicted molar refractivity (Wildman–Crippen MR) is 77.4 cm³/mol. The molecular weight excluding hydrogens is 291 g/mol. The molecule has 0 aliphatic heterocycles. The second kappa shape index (κ2) is 5.88. The van der Waals surface area contributed by atoms with E-state index in [0.717, 1.165) is 4.88 Å². The fourth-order valence-corrected chi connectivity index (χ4v) is 2.45. The van der Waals surface area contributed by atoms with E-state index in [0.29, 0.717) is 17.9 Å². The van der Waals surface area contributed by atoms with Crippen molar-refractivity contribution in [1.82, 2.24) is 10.5 Å². The lowest BCUT2D eigenvalue weighted by molar-refractivity contribution is 0.0942. The van der Waals surface area contributed by atoms with Gasteiger partial charge in [-0.3, -0.25) is 4.79 Å². The maximum absolute atomic E-state index is 12.9. The van der Waals surface area contributed by atoms with Crippen LogP contribution in [0.1, 0.15) is 15.4 Å². The fraction of sp³-hybridized carbons (Fsp3) is 0.0667. The summed E-state index contributed by atoms with van der Waals surface area (Å²) in [6.45, 7) is 0.454. The maximum atomic E-state index is 12.9. The van der Waals surface area contributed by atoms with Gasteiger partial charge in [0.25, 0.3) is 5.91 Å². The molecule has 2 heterocycles. The molecule has 1 amide bonds.